The Morgan fingerprint density at radius 1 is 1.10 bits per heavy atom. The minimum atomic E-state index is -0.275. The van der Waals surface area contributed by atoms with Crippen LogP contribution in [0, 0.1) is 11.7 Å². The number of nitrogens with one attached hydrogen (secondary N) is 1. The van der Waals surface area contributed by atoms with E-state index in [9.17, 15) is 9.18 Å². The number of benzene rings is 2. The summed E-state index contributed by atoms with van der Waals surface area (Å²) in [5, 5.41) is 3.52. The Morgan fingerprint density at radius 3 is 2.52 bits per heavy atom. The van der Waals surface area contributed by atoms with Gasteiger partial charge in [-0.3, -0.25) is 9.69 Å². The van der Waals surface area contributed by atoms with E-state index in [-0.39, 0.29) is 17.6 Å². The zero-order valence-electron chi connectivity index (χ0n) is 17.3. The zero-order valence-corrected chi connectivity index (χ0v) is 18.1. The van der Waals surface area contributed by atoms with Crippen LogP contribution >= 0.6 is 11.6 Å². The third kappa shape index (κ3) is 5.71. The lowest BCUT2D eigenvalue weighted by molar-refractivity contribution is -0.126. The Balaban J connectivity index is 1.22. The molecular formula is C24H26ClFN4O. The second-order valence-electron chi connectivity index (χ2n) is 8.02. The summed E-state index contributed by atoms with van der Waals surface area (Å²) in [6.07, 6.45) is 7.03. The highest BCUT2D eigenvalue weighted by Gasteiger charge is 2.25. The Bertz CT molecular complexity index is 979. The average molecular weight is 441 g/mol. The molecular weight excluding hydrogens is 415 g/mol. The number of nitrogens with zero attached hydrogens (tertiary/aromatic N) is 3. The first-order chi connectivity index (χ1) is 15.1. The fourth-order valence-corrected chi connectivity index (χ4v) is 4.17. The molecule has 1 aliphatic heterocycles. The van der Waals surface area contributed by atoms with Crippen molar-refractivity contribution in [2.75, 3.05) is 13.1 Å². The Labute approximate surface area is 186 Å². The molecule has 0 bridgehead atoms. The van der Waals surface area contributed by atoms with Gasteiger partial charge in [-0.1, -0.05) is 41.9 Å². The van der Waals surface area contributed by atoms with Gasteiger partial charge in [0.25, 0.3) is 0 Å². The number of carbonyl (C=O) groups excluding carboxylic acids is 1. The second-order valence-corrected chi connectivity index (χ2v) is 8.43. The van der Waals surface area contributed by atoms with Gasteiger partial charge in [0.2, 0.25) is 5.91 Å². The molecule has 7 heteroatoms. The summed E-state index contributed by atoms with van der Waals surface area (Å²) in [6.45, 7) is 3.29. The summed E-state index contributed by atoms with van der Waals surface area (Å²) in [6, 6.07) is 13.0. The minimum Gasteiger partial charge on any atom is -0.352 e. The summed E-state index contributed by atoms with van der Waals surface area (Å²) >= 11 is 6.14. The predicted molar refractivity (Wildman–Crippen MR) is 119 cm³/mol. The lowest BCUT2D eigenvalue weighted by atomic mass is 9.95. The molecule has 1 amide bonds. The number of likely N-dealkylation sites (tertiary alicyclic amines) is 1. The first-order valence-electron chi connectivity index (χ1n) is 10.5. The van der Waals surface area contributed by atoms with Crippen LogP contribution in [-0.2, 0) is 24.4 Å². The maximum Gasteiger partial charge on any atom is 0.223 e. The highest BCUT2D eigenvalue weighted by Crippen LogP contribution is 2.24. The van der Waals surface area contributed by atoms with Crippen molar-refractivity contribution < 1.29 is 9.18 Å². The van der Waals surface area contributed by atoms with E-state index in [1.807, 2.05) is 22.9 Å². The van der Waals surface area contributed by atoms with Gasteiger partial charge in [0, 0.05) is 48.5 Å². The fourth-order valence-electron chi connectivity index (χ4n) is 3.95. The Kier molecular flexibility index (Phi) is 6.99. The van der Waals surface area contributed by atoms with Crippen LogP contribution in [-0.4, -0.2) is 33.4 Å². The van der Waals surface area contributed by atoms with Crippen LogP contribution in [0.4, 0.5) is 4.39 Å². The molecule has 31 heavy (non-hydrogen) atoms. The number of hydrogen-bond acceptors (Lipinski definition) is 3. The molecule has 5 nitrogen and oxygen atoms in total. The van der Waals surface area contributed by atoms with E-state index in [1.54, 1.807) is 24.7 Å². The van der Waals surface area contributed by atoms with Crippen LogP contribution in [0.3, 0.4) is 0 Å². The predicted octanol–water partition coefficient (Wildman–Crippen LogP) is 4.25. The van der Waals surface area contributed by atoms with E-state index in [2.05, 4.69) is 27.3 Å². The van der Waals surface area contributed by atoms with Gasteiger partial charge in [-0.25, -0.2) is 9.37 Å². The van der Waals surface area contributed by atoms with E-state index < -0.39 is 0 Å². The highest BCUT2D eigenvalue weighted by atomic mass is 35.5. The topological polar surface area (TPSA) is 50.2 Å². The summed E-state index contributed by atoms with van der Waals surface area (Å²) in [5.41, 5.74) is 2.80. The maximum absolute atomic E-state index is 14.0. The quantitative estimate of drug-likeness (QED) is 0.597. The Morgan fingerprint density at radius 2 is 1.84 bits per heavy atom. The summed E-state index contributed by atoms with van der Waals surface area (Å²) in [5.74, 6) is -0.192. The van der Waals surface area contributed by atoms with E-state index in [0.29, 0.717) is 23.7 Å². The summed E-state index contributed by atoms with van der Waals surface area (Å²) in [4.78, 5) is 18.8. The fraction of sp³-hybridized carbons (Fsp3) is 0.333. The van der Waals surface area contributed by atoms with Crippen molar-refractivity contribution in [3.8, 4) is 0 Å². The molecule has 0 saturated carbocycles. The standard InChI is InChI=1S/C24H26ClFN4O/c25-22-2-1-3-23(26)21(22)16-29-11-8-20(9-12-29)24(31)28-14-18-4-6-19(7-5-18)15-30-13-10-27-17-30/h1-7,10,13,17,20H,8-9,11-12,14-16H2,(H,28,31). The van der Waals surface area contributed by atoms with Crippen LogP contribution in [0.25, 0.3) is 0 Å². The first-order valence-corrected chi connectivity index (χ1v) is 10.9. The molecule has 162 valence electrons. The molecule has 1 fully saturated rings. The molecule has 1 saturated heterocycles. The SMILES string of the molecule is O=C(NCc1ccc(Cn2ccnc2)cc1)C1CCN(Cc2c(F)cccc2Cl)CC1. The molecule has 0 spiro atoms. The number of hydrogen-bond donors (Lipinski definition) is 1. The summed E-state index contributed by atoms with van der Waals surface area (Å²) < 4.78 is 16.0. The molecule has 2 heterocycles. The van der Waals surface area contributed by atoms with Gasteiger partial charge in [0.1, 0.15) is 5.82 Å². The van der Waals surface area contributed by atoms with Crippen molar-refractivity contribution in [1.29, 1.82) is 0 Å². The zero-order chi connectivity index (χ0) is 21.6. The lowest BCUT2D eigenvalue weighted by Gasteiger charge is -2.31. The van der Waals surface area contributed by atoms with Crippen LogP contribution < -0.4 is 5.32 Å². The van der Waals surface area contributed by atoms with Crippen LogP contribution in [0.2, 0.25) is 5.02 Å². The number of aromatic nitrogens is 2. The third-order valence-electron chi connectivity index (χ3n) is 5.82. The van der Waals surface area contributed by atoms with Gasteiger partial charge in [-0.05, 0) is 49.2 Å². The molecule has 1 aromatic heterocycles. The smallest absolute Gasteiger partial charge is 0.223 e. The summed E-state index contributed by atoms with van der Waals surface area (Å²) in [7, 11) is 0. The second kappa shape index (κ2) is 10.1. The molecule has 2 aromatic carbocycles. The van der Waals surface area contributed by atoms with Gasteiger partial charge in [-0.2, -0.15) is 0 Å². The van der Waals surface area contributed by atoms with Crippen molar-refractivity contribution in [3.63, 3.8) is 0 Å². The lowest BCUT2D eigenvalue weighted by Crippen LogP contribution is -2.40. The van der Waals surface area contributed by atoms with E-state index in [0.717, 1.165) is 38.0 Å². The highest BCUT2D eigenvalue weighted by molar-refractivity contribution is 6.31. The number of halogens is 2. The van der Waals surface area contributed by atoms with Crippen molar-refractivity contribution in [1.82, 2.24) is 19.8 Å². The molecule has 0 atom stereocenters. The van der Waals surface area contributed by atoms with Crippen molar-refractivity contribution in [2.45, 2.75) is 32.5 Å². The van der Waals surface area contributed by atoms with E-state index in [1.165, 1.54) is 11.6 Å². The first kappa shape index (κ1) is 21.5. The molecule has 0 radical (unpaired) electrons. The average Bonchev–Trinajstić information content (AvgIpc) is 3.29. The number of imidazole rings is 1. The van der Waals surface area contributed by atoms with Crippen molar-refractivity contribution in [3.05, 3.63) is 88.7 Å². The van der Waals surface area contributed by atoms with Crippen molar-refractivity contribution >= 4 is 17.5 Å². The molecule has 3 aromatic rings. The van der Waals surface area contributed by atoms with Gasteiger partial charge < -0.3 is 9.88 Å². The molecule has 1 aliphatic rings. The number of rotatable bonds is 7. The number of amides is 1. The Hall–Kier alpha value is -2.70. The molecule has 4 rings (SSSR count). The van der Waals surface area contributed by atoms with Crippen molar-refractivity contribution in [2.24, 2.45) is 5.92 Å². The number of piperidine rings is 1. The monoisotopic (exact) mass is 440 g/mol. The van der Waals surface area contributed by atoms with Crippen LogP contribution in [0.15, 0.2) is 61.2 Å². The van der Waals surface area contributed by atoms with Gasteiger partial charge >= 0.3 is 0 Å². The van der Waals surface area contributed by atoms with Crippen LogP contribution in [0.1, 0.15) is 29.5 Å². The largest absolute Gasteiger partial charge is 0.352 e. The van der Waals surface area contributed by atoms with E-state index in [4.69, 9.17) is 11.6 Å². The molecule has 0 aliphatic carbocycles. The minimum absolute atomic E-state index is 0.00661. The number of carbonyl (C=O) groups is 1. The maximum atomic E-state index is 14.0. The normalized spacial score (nSPS) is 15.2. The molecule has 1 N–H and O–H groups in total. The third-order valence-corrected chi connectivity index (χ3v) is 6.17. The van der Waals surface area contributed by atoms with Gasteiger partial charge in [-0.15, -0.1) is 0 Å². The van der Waals surface area contributed by atoms with E-state index >= 15 is 0 Å². The van der Waals surface area contributed by atoms with Crippen LogP contribution in [0.5, 0.6) is 0 Å². The van der Waals surface area contributed by atoms with Gasteiger partial charge in [0.05, 0.1) is 6.33 Å². The van der Waals surface area contributed by atoms with Gasteiger partial charge in [0.15, 0.2) is 0 Å². The molecule has 0 unspecified atom stereocenters.